The Morgan fingerprint density at radius 3 is 2.50 bits per heavy atom. The lowest BCUT2D eigenvalue weighted by Gasteiger charge is -2.13. The molecule has 130 valence electrons. The summed E-state index contributed by atoms with van der Waals surface area (Å²) in [7, 11) is 1.43. The number of hydrogen-bond donors (Lipinski definition) is 2. The van der Waals surface area contributed by atoms with Crippen LogP contribution in [0.3, 0.4) is 0 Å². The Balaban J connectivity index is 0.000000409. The Bertz CT molecular complexity index is 307. The lowest BCUT2D eigenvalue weighted by molar-refractivity contribution is -0.140. The Hall–Kier alpha value is -0.980. The van der Waals surface area contributed by atoms with Crippen LogP contribution in [0.5, 0.6) is 0 Å². The van der Waals surface area contributed by atoms with Crippen LogP contribution < -0.4 is 0 Å². The monoisotopic (exact) mass is 317 g/mol. The number of esters is 1. The number of aliphatic hydroxyl groups excluding tert-OH is 1. The molecule has 6 heteroatoms. The van der Waals surface area contributed by atoms with Gasteiger partial charge in [-0.05, 0) is 25.8 Å². The summed E-state index contributed by atoms with van der Waals surface area (Å²) in [5, 5.41) is 17.1. The second kappa shape index (κ2) is 13.7. The summed E-state index contributed by atoms with van der Waals surface area (Å²) in [5.74, 6) is 0.204. The summed E-state index contributed by atoms with van der Waals surface area (Å²) in [6.45, 7) is 4.32. The van der Waals surface area contributed by atoms with Crippen LogP contribution in [0, 0.1) is 0 Å². The Morgan fingerprint density at radius 2 is 2.00 bits per heavy atom. The van der Waals surface area contributed by atoms with Gasteiger partial charge in [0.25, 0.3) is 0 Å². The van der Waals surface area contributed by atoms with E-state index in [-0.39, 0.29) is 5.97 Å². The highest BCUT2D eigenvalue weighted by atomic mass is 16.5. The van der Waals surface area contributed by atoms with E-state index in [1.807, 2.05) is 4.90 Å². The van der Waals surface area contributed by atoms with Crippen LogP contribution in [0.1, 0.15) is 58.3 Å². The summed E-state index contributed by atoms with van der Waals surface area (Å²) in [5.41, 5.74) is 0. The molecule has 1 fully saturated rings. The molecule has 1 heterocycles. The maximum atomic E-state index is 10.8. The van der Waals surface area contributed by atoms with Crippen molar-refractivity contribution < 1.29 is 24.5 Å². The lowest BCUT2D eigenvalue weighted by atomic mass is 10.2. The number of methoxy groups -OCH3 is 1. The van der Waals surface area contributed by atoms with Crippen LogP contribution in [0.25, 0.3) is 0 Å². The molecule has 0 aromatic heterocycles. The molecule has 1 rings (SSSR count). The first kappa shape index (κ1) is 21.0. The van der Waals surface area contributed by atoms with Crippen molar-refractivity contribution in [3.05, 3.63) is 0 Å². The predicted molar refractivity (Wildman–Crippen MR) is 84.3 cm³/mol. The number of rotatable bonds is 9. The molecule has 2 N–H and O–H groups in total. The number of unbranched alkanes of at least 4 members (excludes halogenated alkanes) is 3. The van der Waals surface area contributed by atoms with Gasteiger partial charge in [0.2, 0.25) is 0 Å². The number of ketones is 1. The topological polar surface area (TPSA) is 87.1 Å². The van der Waals surface area contributed by atoms with Gasteiger partial charge in [0, 0.05) is 19.4 Å². The lowest BCUT2D eigenvalue weighted by Crippen LogP contribution is -2.22. The van der Waals surface area contributed by atoms with Gasteiger partial charge in [-0.3, -0.25) is 14.5 Å². The minimum atomic E-state index is -1.21. The minimum absolute atomic E-state index is 0.0869. The largest absolute Gasteiger partial charge is 0.469 e. The molecule has 0 unspecified atom stereocenters. The average Bonchev–Trinajstić information content (AvgIpc) is 2.89. The van der Waals surface area contributed by atoms with E-state index in [2.05, 4.69) is 11.7 Å². The predicted octanol–water partition coefficient (Wildman–Crippen LogP) is 1.48. The van der Waals surface area contributed by atoms with E-state index in [4.69, 9.17) is 10.2 Å². The summed E-state index contributed by atoms with van der Waals surface area (Å²) < 4.78 is 4.49. The van der Waals surface area contributed by atoms with Crippen molar-refractivity contribution in [2.24, 2.45) is 0 Å². The van der Waals surface area contributed by atoms with Crippen LogP contribution in [-0.4, -0.2) is 59.9 Å². The Morgan fingerprint density at radius 1 is 1.27 bits per heavy atom. The summed E-state index contributed by atoms with van der Waals surface area (Å²) in [6, 6.07) is 0. The average molecular weight is 317 g/mol. The molecule has 0 spiro atoms. The second-order valence-corrected chi connectivity index (χ2v) is 5.57. The third kappa shape index (κ3) is 12.7. The standard InChI is InChI=1S/C8H15NO3.C8H16O2/c10-7-3-5-9(6-7)4-1-2-8(11)12;1-3-4-5-6-7-8(9)10-2/h8,11-12H,1-6H2;3-7H2,1-2H3. The zero-order chi connectivity index (χ0) is 16.8. The molecule has 0 aromatic carbocycles. The van der Waals surface area contributed by atoms with E-state index in [1.165, 1.54) is 20.0 Å². The fraction of sp³-hybridized carbons (Fsp3) is 0.875. The van der Waals surface area contributed by atoms with Crippen molar-refractivity contribution in [3.8, 4) is 0 Å². The first-order valence-electron chi connectivity index (χ1n) is 8.16. The molecule has 0 aliphatic carbocycles. The normalized spacial score (nSPS) is 14.9. The van der Waals surface area contributed by atoms with E-state index in [0.717, 1.165) is 32.4 Å². The number of carbonyl (C=O) groups is 2. The highest BCUT2D eigenvalue weighted by Crippen LogP contribution is 2.06. The molecular formula is C16H31NO5. The minimum Gasteiger partial charge on any atom is -0.469 e. The molecule has 1 saturated heterocycles. The van der Waals surface area contributed by atoms with Crippen LogP contribution >= 0.6 is 0 Å². The number of likely N-dealkylation sites (tertiary alicyclic amines) is 1. The molecule has 22 heavy (non-hydrogen) atoms. The smallest absolute Gasteiger partial charge is 0.305 e. The first-order chi connectivity index (χ1) is 10.5. The maximum absolute atomic E-state index is 10.8. The van der Waals surface area contributed by atoms with Gasteiger partial charge in [-0.25, -0.2) is 0 Å². The zero-order valence-corrected chi connectivity index (χ0v) is 13.9. The van der Waals surface area contributed by atoms with Crippen LogP contribution in [0.2, 0.25) is 0 Å². The highest BCUT2D eigenvalue weighted by molar-refractivity contribution is 5.82. The van der Waals surface area contributed by atoms with Crippen molar-refractivity contribution in [2.45, 2.75) is 64.6 Å². The van der Waals surface area contributed by atoms with Gasteiger partial charge in [0.1, 0.15) is 5.78 Å². The zero-order valence-electron chi connectivity index (χ0n) is 13.9. The van der Waals surface area contributed by atoms with Gasteiger partial charge < -0.3 is 14.9 Å². The number of ether oxygens (including phenoxy) is 1. The fourth-order valence-electron chi connectivity index (χ4n) is 2.18. The van der Waals surface area contributed by atoms with E-state index in [9.17, 15) is 9.59 Å². The van der Waals surface area contributed by atoms with Gasteiger partial charge in [-0.1, -0.05) is 26.2 Å². The Kier molecular flexibility index (Phi) is 13.1. The number of aliphatic hydroxyl groups is 2. The summed E-state index contributed by atoms with van der Waals surface area (Å²) in [6.07, 6.45) is 5.71. The molecule has 0 atom stereocenters. The fourth-order valence-corrected chi connectivity index (χ4v) is 2.18. The van der Waals surface area contributed by atoms with Crippen LogP contribution in [0.15, 0.2) is 0 Å². The molecule has 1 aliphatic rings. The second-order valence-electron chi connectivity index (χ2n) is 5.57. The number of Topliss-reactive ketones (excluding diaryl/α,β-unsaturated/α-hetero) is 1. The van der Waals surface area contributed by atoms with Crippen LogP contribution in [-0.2, 0) is 14.3 Å². The van der Waals surface area contributed by atoms with Gasteiger partial charge >= 0.3 is 5.97 Å². The molecule has 0 radical (unpaired) electrons. The van der Waals surface area contributed by atoms with Crippen molar-refractivity contribution >= 4 is 11.8 Å². The molecule has 6 nitrogen and oxygen atoms in total. The SMILES string of the molecule is CCCCCCC(=O)OC.O=C1CCN(CCCC(O)O)C1. The number of carbonyl (C=O) groups excluding carboxylic acids is 2. The summed E-state index contributed by atoms with van der Waals surface area (Å²) in [4.78, 5) is 23.4. The van der Waals surface area contributed by atoms with Crippen LogP contribution in [0.4, 0.5) is 0 Å². The van der Waals surface area contributed by atoms with Gasteiger partial charge in [-0.2, -0.15) is 0 Å². The van der Waals surface area contributed by atoms with E-state index in [0.29, 0.717) is 31.6 Å². The van der Waals surface area contributed by atoms with Gasteiger partial charge in [0.05, 0.1) is 13.7 Å². The number of nitrogens with zero attached hydrogens (tertiary/aromatic N) is 1. The van der Waals surface area contributed by atoms with Crippen molar-refractivity contribution in [1.82, 2.24) is 4.90 Å². The van der Waals surface area contributed by atoms with Crippen molar-refractivity contribution in [2.75, 3.05) is 26.7 Å². The third-order valence-corrected chi connectivity index (χ3v) is 3.51. The highest BCUT2D eigenvalue weighted by Gasteiger charge is 2.18. The van der Waals surface area contributed by atoms with E-state index < -0.39 is 6.29 Å². The quantitative estimate of drug-likeness (QED) is 0.380. The van der Waals surface area contributed by atoms with Crippen molar-refractivity contribution in [1.29, 1.82) is 0 Å². The summed E-state index contributed by atoms with van der Waals surface area (Å²) >= 11 is 0. The maximum Gasteiger partial charge on any atom is 0.305 e. The van der Waals surface area contributed by atoms with Gasteiger partial charge in [-0.15, -0.1) is 0 Å². The molecular weight excluding hydrogens is 286 g/mol. The van der Waals surface area contributed by atoms with E-state index >= 15 is 0 Å². The number of hydrogen-bond acceptors (Lipinski definition) is 6. The van der Waals surface area contributed by atoms with Crippen molar-refractivity contribution in [3.63, 3.8) is 0 Å². The molecule has 0 amide bonds. The molecule has 0 bridgehead atoms. The third-order valence-electron chi connectivity index (χ3n) is 3.51. The molecule has 0 saturated carbocycles. The molecule has 0 aromatic rings. The molecule has 1 aliphatic heterocycles. The van der Waals surface area contributed by atoms with Gasteiger partial charge in [0.15, 0.2) is 6.29 Å². The Labute approximate surface area is 133 Å². The first-order valence-corrected chi connectivity index (χ1v) is 8.16. The van der Waals surface area contributed by atoms with E-state index in [1.54, 1.807) is 0 Å².